The molecule has 0 saturated heterocycles. The van der Waals surface area contributed by atoms with Crippen molar-refractivity contribution < 1.29 is 14.0 Å². The molecule has 1 atom stereocenters. The number of aromatic nitrogens is 1. The molecule has 0 saturated carbocycles. The summed E-state index contributed by atoms with van der Waals surface area (Å²) in [5.41, 5.74) is 4.40. The highest BCUT2D eigenvalue weighted by Gasteiger charge is 2.28. The number of benzene rings is 1. The van der Waals surface area contributed by atoms with Gasteiger partial charge in [0, 0.05) is 25.4 Å². The van der Waals surface area contributed by atoms with Crippen LogP contribution in [0.2, 0.25) is 0 Å². The number of nitrogens with zero attached hydrogens (tertiary/aromatic N) is 1. The fourth-order valence-electron chi connectivity index (χ4n) is 4.04. The third-order valence-corrected chi connectivity index (χ3v) is 5.29. The Bertz CT molecular complexity index is 1120. The zero-order valence-corrected chi connectivity index (χ0v) is 17.2. The fraction of sp³-hybridized carbons (Fsp3) is 0.292. The van der Waals surface area contributed by atoms with E-state index in [1.165, 1.54) is 6.92 Å². The first kappa shape index (κ1) is 19.9. The second kappa shape index (κ2) is 8.53. The van der Waals surface area contributed by atoms with Gasteiger partial charge in [-0.15, -0.1) is 0 Å². The second-order valence-electron chi connectivity index (χ2n) is 7.77. The minimum atomic E-state index is -0.137. The van der Waals surface area contributed by atoms with E-state index in [1.54, 1.807) is 6.26 Å². The topological polar surface area (TPSA) is 84.2 Å². The molecule has 0 bridgehead atoms. The molecule has 0 radical (unpaired) electrons. The van der Waals surface area contributed by atoms with Crippen LogP contribution in [0.25, 0.3) is 22.6 Å². The minimum absolute atomic E-state index is 0.113. The summed E-state index contributed by atoms with van der Waals surface area (Å²) in [6.07, 6.45) is 5.34. The summed E-state index contributed by atoms with van der Waals surface area (Å²) in [6.45, 7) is 4.41. The molecule has 6 nitrogen and oxygen atoms in total. The molecule has 2 amide bonds. The van der Waals surface area contributed by atoms with Crippen LogP contribution in [0.4, 0.5) is 0 Å². The predicted octanol–water partition coefficient (Wildman–Crippen LogP) is 3.82. The van der Waals surface area contributed by atoms with Gasteiger partial charge in [0.2, 0.25) is 5.91 Å². The molecule has 2 N–H and O–H groups in total. The molecule has 2 heterocycles. The lowest BCUT2D eigenvalue weighted by Crippen LogP contribution is -2.34. The number of carbonyl (C=O) groups is 2. The summed E-state index contributed by atoms with van der Waals surface area (Å²) < 4.78 is 5.52. The van der Waals surface area contributed by atoms with E-state index >= 15 is 0 Å². The molecule has 30 heavy (non-hydrogen) atoms. The van der Waals surface area contributed by atoms with Gasteiger partial charge in [0.15, 0.2) is 0 Å². The van der Waals surface area contributed by atoms with Crippen molar-refractivity contribution in [2.24, 2.45) is 5.92 Å². The molecule has 0 aliphatic heterocycles. The van der Waals surface area contributed by atoms with Crippen molar-refractivity contribution in [2.45, 2.75) is 26.7 Å². The summed E-state index contributed by atoms with van der Waals surface area (Å²) in [6, 6.07) is 11.5. The number of furan rings is 1. The molecule has 0 fully saturated rings. The molecule has 0 spiro atoms. The molecule has 1 aliphatic rings. The number of pyridine rings is 1. The molecule has 4 rings (SSSR count). The predicted molar refractivity (Wildman–Crippen MR) is 117 cm³/mol. The average Bonchev–Trinajstić information content (AvgIpc) is 3.22. The maximum atomic E-state index is 13.2. The normalized spacial score (nSPS) is 17.0. The fourth-order valence-corrected chi connectivity index (χ4v) is 4.04. The summed E-state index contributed by atoms with van der Waals surface area (Å²) in [5, 5.41) is 6.50. The number of para-hydroxylation sites is 1. The Morgan fingerprint density at radius 2 is 1.93 bits per heavy atom. The first-order valence-electron chi connectivity index (χ1n) is 10.2. The lowest BCUT2D eigenvalue weighted by Gasteiger charge is -2.26. The number of hydrogen-bond donors (Lipinski definition) is 2. The number of rotatable bonds is 5. The molecular formula is C24H25N3O3. The second-order valence-corrected chi connectivity index (χ2v) is 7.77. The first-order chi connectivity index (χ1) is 14.5. The Morgan fingerprint density at radius 3 is 2.70 bits per heavy atom. The van der Waals surface area contributed by atoms with Crippen LogP contribution in [0, 0.1) is 5.92 Å². The Labute approximate surface area is 175 Å². The lowest BCUT2D eigenvalue weighted by molar-refractivity contribution is -0.118. The van der Waals surface area contributed by atoms with Crippen LogP contribution in [-0.2, 0) is 11.2 Å². The Hall–Kier alpha value is -3.41. The smallest absolute Gasteiger partial charge is 0.252 e. The van der Waals surface area contributed by atoms with Crippen LogP contribution in [0.1, 0.15) is 47.6 Å². The van der Waals surface area contributed by atoms with Crippen molar-refractivity contribution in [1.29, 1.82) is 0 Å². The lowest BCUT2D eigenvalue weighted by atomic mass is 9.80. The summed E-state index contributed by atoms with van der Waals surface area (Å²) >= 11 is 0. The number of hydrogen-bond acceptors (Lipinski definition) is 4. The van der Waals surface area contributed by atoms with E-state index in [0.717, 1.165) is 46.3 Å². The highest BCUT2D eigenvalue weighted by molar-refractivity contribution is 6.09. The number of carbonyl (C=O) groups excluding carboxylic acids is 2. The van der Waals surface area contributed by atoms with Gasteiger partial charge in [-0.1, -0.05) is 25.1 Å². The third-order valence-electron chi connectivity index (χ3n) is 5.29. The van der Waals surface area contributed by atoms with Gasteiger partial charge >= 0.3 is 0 Å². The molecular weight excluding hydrogens is 378 g/mol. The van der Waals surface area contributed by atoms with Gasteiger partial charge in [-0.25, -0.2) is 4.98 Å². The summed E-state index contributed by atoms with van der Waals surface area (Å²) in [7, 11) is 0. The first-order valence-corrected chi connectivity index (χ1v) is 10.2. The standard InChI is InChI=1S/C24H25N3O3/c1-15-12-17(14-18-6-5-11-30-18)23-20(13-15)22(19-7-3-4-8-21(19)27-23)24(29)26-10-9-25-16(2)28/h3-8,11,14-15H,9-10,12-13H2,1-2H3,(H,25,28)(H,26,29)/b17-14-. The zero-order chi connectivity index (χ0) is 21.1. The molecule has 1 aromatic carbocycles. The average molecular weight is 403 g/mol. The van der Waals surface area contributed by atoms with Crippen molar-refractivity contribution in [1.82, 2.24) is 15.6 Å². The minimum Gasteiger partial charge on any atom is -0.465 e. The molecule has 6 heteroatoms. The van der Waals surface area contributed by atoms with E-state index in [-0.39, 0.29) is 11.8 Å². The van der Waals surface area contributed by atoms with Crippen molar-refractivity contribution in [3.63, 3.8) is 0 Å². The summed E-state index contributed by atoms with van der Waals surface area (Å²) in [4.78, 5) is 29.2. The van der Waals surface area contributed by atoms with Gasteiger partial charge < -0.3 is 15.1 Å². The van der Waals surface area contributed by atoms with Crippen LogP contribution >= 0.6 is 0 Å². The highest BCUT2D eigenvalue weighted by atomic mass is 16.3. The summed E-state index contributed by atoms with van der Waals surface area (Å²) in [5.74, 6) is 0.910. The van der Waals surface area contributed by atoms with Crippen LogP contribution in [-0.4, -0.2) is 29.9 Å². The van der Waals surface area contributed by atoms with E-state index < -0.39 is 0 Å². The van der Waals surface area contributed by atoms with Crippen LogP contribution in [0.5, 0.6) is 0 Å². The van der Waals surface area contributed by atoms with E-state index in [1.807, 2.05) is 42.5 Å². The number of amides is 2. The molecule has 1 aliphatic carbocycles. The number of nitrogens with one attached hydrogen (secondary N) is 2. The monoisotopic (exact) mass is 403 g/mol. The molecule has 1 unspecified atom stereocenters. The van der Waals surface area contributed by atoms with Gasteiger partial charge in [0.25, 0.3) is 5.91 Å². The quantitative estimate of drug-likeness (QED) is 0.635. The zero-order valence-electron chi connectivity index (χ0n) is 17.2. The van der Waals surface area contributed by atoms with Gasteiger partial charge in [-0.2, -0.15) is 0 Å². The van der Waals surface area contributed by atoms with Gasteiger partial charge in [0.1, 0.15) is 5.76 Å². The van der Waals surface area contributed by atoms with Crippen molar-refractivity contribution in [3.05, 3.63) is 65.2 Å². The van der Waals surface area contributed by atoms with Gasteiger partial charge in [0.05, 0.1) is 23.0 Å². The number of allylic oxidation sites excluding steroid dienone is 1. The van der Waals surface area contributed by atoms with Crippen molar-refractivity contribution in [2.75, 3.05) is 13.1 Å². The SMILES string of the molecule is CC(=O)NCCNC(=O)c1c2c(nc3ccccc13)/C(=C\c1ccco1)CC(C)C2. The Balaban J connectivity index is 1.78. The van der Waals surface area contributed by atoms with E-state index in [0.29, 0.717) is 24.6 Å². The van der Waals surface area contributed by atoms with E-state index in [2.05, 4.69) is 17.6 Å². The molecule has 3 aromatic rings. The Morgan fingerprint density at radius 1 is 1.13 bits per heavy atom. The van der Waals surface area contributed by atoms with Crippen LogP contribution in [0.3, 0.4) is 0 Å². The van der Waals surface area contributed by atoms with Gasteiger partial charge in [-0.05, 0) is 54.2 Å². The van der Waals surface area contributed by atoms with Crippen LogP contribution < -0.4 is 10.6 Å². The third kappa shape index (κ3) is 4.13. The van der Waals surface area contributed by atoms with Crippen molar-refractivity contribution >= 4 is 34.4 Å². The molecule has 154 valence electrons. The largest absolute Gasteiger partial charge is 0.465 e. The maximum absolute atomic E-state index is 13.2. The van der Waals surface area contributed by atoms with E-state index in [9.17, 15) is 9.59 Å². The number of fused-ring (bicyclic) bond motifs is 2. The van der Waals surface area contributed by atoms with E-state index in [4.69, 9.17) is 9.40 Å². The highest BCUT2D eigenvalue weighted by Crippen LogP contribution is 2.38. The van der Waals surface area contributed by atoms with Crippen molar-refractivity contribution in [3.8, 4) is 0 Å². The maximum Gasteiger partial charge on any atom is 0.252 e. The Kier molecular flexibility index (Phi) is 5.65. The molecule has 2 aromatic heterocycles. The van der Waals surface area contributed by atoms with Gasteiger partial charge in [-0.3, -0.25) is 9.59 Å². The van der Waals surface area contributed by atoms with Crippen LogP contribution in [0.15, 0.2) is 47.1 Å².